The number of rotatable bonds is 1. The average Bonchev–Trinajstić information content (AvgIpc) is 2.54. The Morgan fingerprint density at radius 3 is 2.71 bits per heavy atom. The Kier molecular flexibility index (Phi) is 4.93. The highest BCUT2D eigenvalue weighted by Gasteiger charge is 2.23. The molecule has 0 aliphatic carbocycles. The molecule has 0 spiro atoms. The molecule has 21 heavy (non-hydrogen) atoms. The standard InChI is InChI=1S/C16H22N2O2S/c1-16(2,3)20-15(19)17-12-9-11-7-5-6-8-13(11)18-14(10-12)21-4/h5-8,12H,9-10H2,1-4H3,(H,17,19). The van der Waals surface area contributed by atoms with Gasteiger partial charge in [-0.2, -0.15) is 0 Å². The van der Waals surface area contributed by atoms with Gasteiger partial charge in [-0.1, -0.05) is 18.2 Å². The van der Waals surface area contributed by atoms with Crippen LogP contribution in [0.2, 0.25) is 0 Å². The van der Waals surface area contributed by atoms with Crippen molar-refractivity contribution in [3.63, 3.8) is 0 Å². The summed E-state index contributed by atoms with van der Waals surface area (Å²) in [6.45, 7) is 5.59. The Hall–Kier alpha value is -1.49. The fraction of sp³-hybridized carbons (Fsp3) is 0.500. The van der Waals surface area contributed by atoms with Gasteiger partial charge >= 0.3 is 6.09 Å². The van der Waals surface area contributed by atoms with Crippen molar-refractivity contribution in [2.45, 2.75) is 45.3 Å². The SMILES string of the molecule is CSC1=Nc2ccccc2CC(NC(=O)OC(C)(C)C)C1. The molecular weight excluding hydrogens is 284 g/mol. The van der Waals surface area contributed by atoms with Gasteiger partial charge in [-0.05, 0) is 45.1 Å². The first-order chi connectivity index (χ1) is 9.87. The summed E-state index contributed by atoms with van der Waals surface area (Å²) in [5, 5.41) is 3.99. The molecular formula is C16H22N2O2S. The van der Waals surface area contributed by atoms with Gasteiger partial charge < -0.3 is 10.1 Å². The number of hydrogen-bond donors (Lipinski definition) is 1. The second-order valence-electron chi connectivity index (χ2n) is 6.09. The van der Waals surface area contributed by atoms with Crippen molar-refractivity contribution in [1.29, 1.82) is 0 Å². The number of alkyl carbamates (subject to hydrolysis) is 1. The summed E-state index contributed by atoms with van der Waals surface area (Å²) in [6, 6.07) is 8.08. The third kappa shape index (κ3) is 4.77. The summed E-state index contributed by atoms with van der Waals surface area (Å²) in [5.41, 5.74) is 1.67. The number of nitrogens with one attached hydrogen (secondary N) is 1. The first-order valence-electron chi connectivity index (χ1n) is 7.06. The molecule has 1 amide bonds. The summed E-state index contributed by atoms with van der Waals surface area (Å²) in [4.78, 5) is 16.6. The molecule has 0 aromatic heterocycles. The van der Waals surface area contributed by atoms with Crippen LogP contribution in [0.25, 0.3) is 0 Å². The summed E-state index contributed by atoms with van der Waals surface area (Å²) in [7, 11) is 0. The van der Waals surface area contributed by atoms with Crippen LogP contribution in [0.1, 0.15) is 32.8 Å². The van der Waals surface area contributed by atoms with E-state index in [1.807, 2.05) is 45.2 Å². The smallest absolute Gasteiger partial charge is 0.407 e. The lowest BCUT2D eigenvalue weighted by Crippen LogP contribution is -2.40. The van der Waals surface area contributed by atoms with E-state index in [0.29, 0.717) is 0 Å². The number of aliphatic imine (C=N–C) groups is 1. The lowest BCUT2D eigenvalue weighted by atomic mass is 10.0. The number of ether oxygens (including phenoxy) is 1. The summed E-state index contributed by atoms with van der Waals surface area (Å²) in [5.74, 6) is 0. The monoisotopic (exact) mass is 306 g/mol. The third-order valence-corrected chi connectivity index (χ3v) is 3.81. The minimum absolute atomic E-state index is 0.00898. The number of thioether (sulfide) groups is 1. The van der Waals surface area contributed by atoms with Gasteiger partial charge in [-0.3, -0.25) is 0 Å². The topological polar surface area (TPSA) is 50.7 Å². The number of nitrogens with zero attached hydrogens (tertiary/aromatic N) is 1. The van der Waals surface area contributed by atoms with Crippen molar-refractivity contribution in [3.05, 3.63) is 29.8 Å². The molecule has 1 unspecified atom stereocenters. The number of carbonyl (C=O) groups is 1. The van der Waals surface area contributed by atoms with Gasteiger partial charge in [0.05, 0.1) is 10.7 Å². The highest BCUT2D eigenvalue weighted by Crippen LogP contribution is 2.27. The van der Waals surface area contributed by atoms with E-state index in [-0.39, 0.29) is 12.1 Å². The maximum Gasteiger partial charge on any atom is 0.407 e. The van der Waals surface area contributed by atoms with E-state index in [1.54, 1.807) is 11.8 Å². The quantitative estimate of drug-likeness (QED) is 0.855. The molecule has 1 aliphatic rings. The van der Waals surface area contributed by atoms with Crippen LogP contribution in [0.4, 0.5) is 10.5 Å². The van der Waals surface area contributed by atoms with Gasteiger partial charge in [-0.15, -0.1) is 11.8 Å². The van der Waals surface area contributed by atoms with Crippen LogP contribution >= 0.6 is 11.8 Å². The predicted molar refractivity (Wildman–Crippen MR) is 88.5 cm³/mol. The summed E-state index contributed by atoms with van der Waals surface area (Å²) < 4.78 is 5.34. The number of amides is 1. The van der Waals surface area contributed by atoms with Crippen molar-refractivity contribution in [3.8, 4) is 0 Å². The summed E-state index contributed by atoms with van der Waals surface area (Å²) in [6.07, 6.45) is 3.14. The molecule has 114 valence electrons. The molecule has 0 radical (unpaired) electrons. The second-order valence-corrected chi connectivity index (χ2v) is 6.97. The lowest BCUT2D eigenvalue weighted by molar-refractivity contribution is 0.0506. The first-order valence-corrected chi connectivity index (χ1v) is 8.29. The number of hydrogen-bond acceptors (Lipinski definition) is 4. The van der Waals surface area contributed by atoms with Gasteiger partial charge in [0, 0.05) is 12.5 Å². The molecule has 0 fully saturated rings. The van der Waals surface area contributed by atoms with E-state index in [4.69, 9.17) is 4.74 Å². The Morgan fingerprint density at radius 1 is 1.33 bits per heavy atom. The zero-order chi connectivity index (χ0) is 15.5. The second kappa shape index (κ2) is 6.52. The van der Waals surface area contributed by atoms with E-state index in [1.165, 1.54) is 0 Å². The molecule has 1 N–H and O–H groups in total. The minimum Gasteiger partial charge on any atom is -0.444 e. The van der Waals surface area contributed by atoms with Crippen LogP contribution in [0, 0.1) is 0 Å². The predicted octanol–water partition coefficient (Wildman–Crippen LogP) is 3.92. The average molecular weight is 306 g/mol. The maximum absolute atomic E-state index is 12.0. The van der Waals surface area contributed by atoms with Crippen molar-refractivity contribution >= 4 is 28.6 Å². The van der Waals surface area contributed by atoms with Gasteiger partial charge in [0.1, 0.15) is 5.60 Å². The number of fused-ring (bicyclic) bond motifs is 1. The third-order valence-electron chi connectivity index (χ3n) is 3.08. The Balaban J connectivity index is 2.12. The first kappa shape index (κ1) is 15.9. The fourth-order valence-electron chi connectivity index (χ4n) is 2.23. The van der Waals surface area contributed by atoms with Crippen LogP contribution in [0.15, 0.2) is 29.3 Å². The minimum atomic E-state index is -0.483. The van der Waals surface area contributed by atoms with Gasteiger partial charge in [0.25, 0.3) is 0 Å². The van der Waals surface area contributed by atoms with Crippen molar-refractivity contribution in [1.82, 2.24) is 5.32 Å². The summed E-state index contributed by atoms with van der Waals surface area (Å²) >= 11 is 1.62. The van der Waals surface area contributed by atoms with Crippen molar-refractivity contribution < 1.29 is 9.53 Å². The van der Waals surface area contributed by atoms with Gasteiger partial charge in [0.15, 0.2) is 0 Å². The molecule has 2 rings (SSSR count). The molecule has 1 aromatic carbocycles. The molecule has 0 saturated carbocycles. The number of carbonyl (C=O) groups excluding carboxylic acids is 1. The Labute approximate surface area is 130 Å². The zero-order valence-corrected chi connectivity index (χ0v) is 13.8. The van der Waals surface area contributed by atoms with Crippen molar-refractivity contribution in [2.24, 2.45) is 4.99 Å². The molecule has 1 heterocycles. The highest BCUT2D eigenvalue weighted by molar-refractivity contribution is 8.13. The van der Waals surface area contributed by atoms with E-state index in [0.717, 1.165) is 29.1 Å². The molecule has 1 aromatic rings. The highest BCUT2D eigenvalue weighted by atomic mass is 32.2. The van der Waals surface area contributed by atoms with Crippen LogP contribution in [0.5, 0.6) is 0 Å². The largest absolute Gasteiger partial charge is 0.444 e. The van der Waals surface area contributed by atoms with Crippen molar-refractivity contribution in [2.75, 3.05) is 6.26 Å². The zero-order valence-electron chi connectivity index (χ0n) is 13.0. The van der Waals surface area contributed by atoms with Crippen LogP contribution in [-0.4, -0.2) is 29.0 Å². The molecule has 1 atom stereocenters. The maximum atomic E-state index is 12.0. The van der Waals surface area contributed by atoms with E-state index < -0.39 is 5.60 Å². The molecule has 0 bridgehead atoms. The molecule has 1 aliphatic heterocycles. The molecule has 5 heteroatoms. The van der Waals surface area contributed by atoms with E-state index in [9.17, 15) is 4.79 Å². The fourth-order valence-corrected chi connectivity index (χ4v) is 2.78. The normalized spacial score (nSPS) is 18.3. The van der Waals surface area contributed by atoms with Gasteiger partial charge in [0.2, 0.25) is 0 Å². The van der Waals surface area contributed by atoms with Crippen LogP contribution in [-0.2, 0) is 11.2 Å². The lowest BCUT2D eigenvalue weighted by Gasteiger charge is -2.23. The molecule has 4 nitrogen and oxygen atoms in total. The Bertz CT molecular complexity index is 549. The Morgan fingerprint density at radius 2 is 2.05 bits per heavy atom. The number of para-hydroxylation sites is 1. The van der Waals surface area contributed by atoms with Gasteiger partial charge in [-0.25, -0.2) is 9.79 Å². The van der Waals surface area contributed by atoms with E-state index >= 15 is 0 Å². The van der Waals surface area contributed by atoms with Crippen LogP contribution in [0.3, 0.4) is 0 Å². The molecule has 0 saturated heterocycles. The van der Waals surface area contributed by atoms with E-state index in [2.05, 4.69) is 16.4 Å². The number of benzene rings is 1. The van der Waals surface area contributed by atoms with Crippen LogP contribution < -0.4 is 5.32 Å².